The third-order valence-corrected chi connectivity index (χ3v) is 3.90. The standard InChI is InChI=1S/C10H16N2S/c1-2-12-4-3-10-8(7-12)5-9(6-11)13-10/h5H,2-4,6-7,11H2,1H3. The predicted molar refractivity (Wildman–Crippen MR) is 56.9 cm³/mol. The smallest absolute Gasteiger partial charge is 0.0274 e. The molecule has 2 heterocycles. The maximum Gasteiger partial charge on any atom is 0.0274 e. The summed E-state index contributed by atoms with van der Waals surface area (Å²) >= 11 is 1.90. The van der Waals surface area contributed by atoms with Gasteiger partial charge in [0.15, 0.2) is 0 Å². The second-order valence-electron chi connectivity index (χ2n) is 3.48. The minimum Gasteiger partial charge on any atom is -0.326 e. The summed E-state index contributed by atoms with van der Waals surface area (Å²) in [4.78, 5) is 5.38. The molecule has 0 atom stereocenters. The molecule has 0 bridgehead atoms. The van der Waals surface area contributed by atoms with E-state index in [4.69, 9.17) is 5.73 Å². The van der Waals surface area contributed by atoms with Crippen LogP contribution in [0.1, 0.15) is 22.2 Å². The van der Waals surface area contributed by atoms with E-state index in [0.29, 0.717) is 6.54 Å². The van der Waals surface area contributed by atoms with E-state index in [0.717, 1.165) is 13.1 Å². The van der Waals surface area contributed by atoms with Gasteiger partial charge >= 0.3 is 0 Å². The Morgan fingerprint density at radius 3 is 3.15 bits per heavy atom. The Morgan fingerprint density at radius 2 is 2.46 bits per heavy atom. The third kappa shape index (κ3) is 1.77. The highest BCUT2D eigenvalue weighted by molar-refractivity contribution is 7.12. The monoisotopic (exact) mass is 196 g/mol. The van der Waals surface area contributed by atoms with Gasteiger partial charge < -0.3 is 5.73 Å². The summed E-state index contributed by atoms with van der Waals surface area (Å²) in [5.41, 5.74) is 7.14. The van der Waals surface area contributed by atoms with Crippen LogP contribution in [0.2, 0.25) is 0 Å². The highest BCUT2D eigenvalue weighted by Crippen LogP contribution is 2.27. The maximum atomic E-state index is 5.63. The summed E-state index contributed by atoms with van der Waals surface area (Å²) in [7, 11) is 0. The Hall–Kier alpha value is -0.380. The first-order valence-electron chi connectivity index (χ1n) is 4.86. The number of nitrogens with two attached hydrogens (primary N) is 1. The van der Waals surface area contributed by atoms with E-state index in [-0.39, 0.29) is 0 Å². The quantitative estimate of drug-likeness (QED) is 0.778. The number of thiophene rings is 1. The highest BCUT2D eigenvalue weighted by Gasteiger charge is 2.17. The van der Waals surface area contributed by atoms with Crippen LogP contribution in [-0.2, 0) is 19.5 Å². The third-order valence-electron chi connectivity index (χ3n) is 2.65. The molecule has 2 N–H and O–H groups in total. The second-order valence-corrected chi connectivity index (χ2v) is 4.71. The van der Waals surface area contributed by atoms with Gasteiger partial charge in [0.25, 0.3) is 0 Å². The van der Waals surface area contributed by atoms with Crippen molar-refractivity contribution in [2.45, 2.75) is 26.4 Å². The highest BCUT2D eigenvalue weighted by atomic mass is 32.1. The fourth-order valence-corrected chi connectivity index (χ4v) is 2.87. The number of fused-ring (bicyclic) bond motifs is 1. The van der Waals surface area contributed by atoms with E-state index < -0.39 is 0 Å². The fourth-order valence-electron chi connectivity index (χ4n) is 1.82. The minimum atomic E-state index is 0.698. The van der Waals surface area contributed by atoms with Crippen molar-refractivity contribution in [3.8, 4) is 0 Å². The van der Waals surface area contributed by atoms with Crippen molar-refractivity contribution in [2.24, 2.45) is 5.73 Å². The van der Waals surface area contributed by atoms with E-state index >= 15 is 0 Å². The molecule has 2 nitrogen and oxygen atoms in total. The molecule has 0 spiro atoms. The maximum absolute atomic E-state index is 5.63. The Morgan fingerprint density at radius 1 is 1.62 bits per heavy atom. The second kappa shape index (κ2) is 3.78. The normalized spacial score (nSPS) is 17.4. The Bertz CT molecular complexity index is 293. The molecule has 0 aliphatic carbocycles. The number of rotatable bonds is 2. The Kier molecular flexibility index (Phi) is 2.67. The first kappa shape index (κ1) is 9.19. The van der Waals surface area contributed by atoms with E-state index in [1.165, 1.54) is 23.4 Å². The van der Waals surface area contributed by atoms with Gasteiger partial charge in [0.1, 0.15) is 0 Å². The van der Waals surface area contributed by atoms with E-state index in [9.17, 15) is 0 Å². The number of likely N-dealkylation sites (N-methyl/N-ethyl adjacent to an activating group) is 1. The van der Waals surface area contributed by atoms with Crippen molar-refractivity contribution in [2.75, 3.05) is 13.1 Å². The van der Waals surface area contributed by atoms with Gasteiger partial charge in [-0.1, -0.05) is 6.92 Å². The molecule has 72 valence electrons. The number of hydrogen-bond acceptors (Lipinski definition) is 3. The molecule has 1 aliphatic heterocycles. The van der Waals surface area contributed by atoms with Crippen molar-refractivity contribution in [1.29, 1.82) is 0 Å². The predicted octanol–water partition coefficient (Wildman–Crippen LogP) is 1.58. The zero-order valence-corrected chi connectivity index (χ0v) is 8.86. The molecule has 3 heteroatoms. The Labute approximate surface area is 83.4 Å². The first-order valence-corrected chi connectivity index (χ1v) is 5.68. The summed E-state index contributed by atoms with van der Waals surface area (Å²) in [6, 6.07) is 2.28. The molecule has 0 radical (unpaired) electrons. The van der Waals surface area contributed by atoms with Crippen LogP contribution in [0.15, 0.2) is 6.07 Å². The van der Waals surface area contributed by atoms with Crippen molar-refractivity contribution < 1.29 is 0 Å². The van der Waals surface area contributed by atoms with Crippen LogP contribution in [0.3, 0.4) is 0 Å². The molecule has 0 unspecified atom stereocenters. The molecule has 0 amide bonds. The number of nitrogens with zero attached hydrogens (tertiary/aromatic N) is 1. The van der Waals surface area contributed by atoms with Crippen molar-refractivity contribution in [3.63, 3.8) is 0 Å². The summed E-state index contributed by atoms with van der Waals surface area (Å²) in [5, 5.41) is 0. The van der Waals surface area contributed by atoms with Gasteiger partial charge in [-0.15, -0.1) is 11.3 Å². The van der Waals surface area contributed by atoms with Crippen LogP contribution in [0.4, 0.5) is 0 Å². The average Bonchev–Trinajstić information content (AvgIpc) is 2.58. The van der Waals surface area contributed by atoms with Crippen molar-refractivity contribution >= 4 is 11.3 Å². The van der Waals surface area contributed by atoms with E-state index in [1.807, 2.05) is 11.3 Å². The molecule has 0 aromatic carbocycles. The first-order chi connectivity index (χ1) is 6.33. The molecule has 1 aromatic rings. The van der Waals surface area contributed by atoms with Gasteiger partial charge in [0.2, 0.25) is 0 Å². The minimum absolute atomic E-state index is 0.698. The van der Waals surface area contributed by atoms with Gasteiger partial charge in [-0.25, -0.2) is 0 Å². The summed E-state index contributed by atoms with van der Waals surface area (Å²) in [6.07, 6.45) is 1.22. The largest absolute Gasteiger partial charge is 0.326 e. The summed E-state index contributed by atoms with van der Waals surface area (Å²) in [6.45, 7) is 6.43. The molecule has 13 heavy (non-hydrogen) atoms. The zero-order chi connectivity index (χ0) is 9.26. The molecule has 1 aliphatic rings. The van der Waals surface area contributed by atoms with Crippen LogP contribution in [-0.4, -0.2) is 18.0 Å². The van der Waals surface area contributed by atoms with Gasteiger partial charge in [-0.3, -0.25) is 4.90 Å². The lowest BCUT2D eigenvalue weighted by Crippen LogP contribution is -2.29. The van der Waals surface area contributed by atoms with Gasteiger partial charge in [0.05, 0.1) is 0 Å². The fraction of sp³-hybridized carbons (Fsp3) is 0.600. The average molecular weight is 196 g/mol. The molecule has 0 fully saturated rings. The van der Waals surface area contributed by atoms with Crippen LogP contribution >= 0.6 is 11.3 Å². The molecule has 1 aromatic heterocycles. The van der Waals surface area contributed by atoms with Gasteiger partial charge in [0, 0.05) is 29.4 Å². The van der Waals surface area contributed by atoms with Crippen molar-refractivity contribution in [3.05, 3.63) is 21.4 Å². The molecular weight excluding hydrogens is 180 g/mol. The molecule has 2 rings (SSSR count). The van der Waals surface area contributed by atoms with Crippen LogP contribution < -0.4 is 5.73 Å². The molecule has 0 saturated heterocycles. The van der Waals surface area contributed by atoms with Gasteiger partial charge in [-0.2, -0.15) is 0 Å². The summed E-state index contributed by atoms with van der Waals surface area (Å²) < 4.78 is 0. The Balaban J connectivity index is 2.19. The molecule has 0 saturated carbocycles. The van der Waals surface area contributed by atoms with Crippen LogP contribution in [0.5, 0.6) is 0 Å². The lowest BCUT2D eigenvalue weighted by Gasteiger charge is -2.24. The molecular formula is C10H16N2S. The van der Waals surface area contributed by atoms with E-state index in [2.05, 4.69) is 17.9 Å². The van der Waals surface area contributed by atoms with Crippen LogP contribution in [0.25, 0.3) is 0 Å². The van der Waals surface area contributed by atoms with Crippen molar-refractivity contribution in [1.82, 2.24) is 4.90 Å². The topological polar surface area (TPSA) is 29.3 Å². The summed E-state index contributed by atoms with van der Waals surface area (Å²) in [5.74, 6) is 0. The SMILES string of the molecule is CCN1CCc2sc(CN)cc2C1. The lowest BCUT2D eigenvalue weighted by atomic mass is 10.1. The van der Waals surface area contributed by atoms with Crippen LogP contribution in [0, 0.1) is 0 Å². The van der Waals surface area contributed by atoms with E-state index in [1.54, 1.807) is 4.88 Å². The van der Waals surface area contributed by atoms with Gasteiger partial charge in [-0.05, 0) is 24.6 Å². The zero-order valence-electron chi connectivity index (χ0n) is 8.05. The lowest BCUT2D eigenvalue weighted by molar-refractivity contribution is 0.270. The number of hydrogen-bond donors (Lipinski definition) is 1.